The lowest BCUT2D eigenvalue weighted by molar-refractivity contribution is -0.123. The second-order valence-corrected chi connectivity index (χ2v) is 8.53. The fourth-order valence-electron chi connectivity index (χ4n) is 3.13. The molecular formula is C21H20N4O3S2. The number of aromatic nitrogens is 2. The fourth-order valence-corrected chi connectivity index (χ4v) is 4.57. The van der Waals surface area contributed by atoms with Crippen LogP contribution < -0.4 is 10.9 Å². The molecular weight excluding hydrogens is 420 g/mol. The number of nitrogens with zero attached hydrogens (tertiary/aromatic N) is 3. The van der Waals surface area contributed by atoms with E-state index in [0.29, 0.717) is 38.6 Å². The first-order valence-corrected chi connectivity index (χ1v) is 10.8. The molecule has 1 fully saturated rings. The SMILES string of the molecule is CC[C@H](C)N1C(=O)/C(=C/c2c(NCc3ccco3)nc3ccccn3c2=O)SC1=S. The smallest absolute Gasteiger partial charge is 0.267 e. The van der Waals surface area contributed by atoms with Gasteiger partial charge < -0.3 is 9.73 Å². The Hall–Kier alpha value is -2.91. The summed E-state index contributed by atoms with van der Waals surface area (Å²) in [6.45, 7) is 4.32. The predicted octanol–water partition coefficient (Wildman–Crippen LogP) is 3.90. The number of hydrogen-bond donors (Lipinski definition) is 1. The summed E-state index contributed by atoms with van der Waals surface area (Å²) in [5.41, 5.74) is 0.542. The zero-order chi connectivity index (χ0) is 21.3. The first kappa shape index (κ1) is 20.4. The second kappa shape index (κ2) is 8.45. The van der Waals surface area contributed by atoms with E-state index in [4.69, 9.17) is 16.6 Å². The van der Waals surface area contributed by atoms with Crippen LogP contribution >= 0.6 is 24.0 Å². The van der Waals surface area contributed by atoms with Crippen molar-refractivity contribution >= 4 is 51.7 Å². The highest BCUT2D eigenvalue weighted by Gasteiger charge is 2.35. The number of amides is 1. The minimum atomic E-state index is -0.267. The van der Waals surface area contributed by atoms with Crippen molar-refractivity contribution in [1.82, 2.24) is 14.3 Å². The molecule has 4 heterocycles. The number of pyridine rings is 1. The van der Waals surface area contributed by atoms with Crippen LogP contribution in [0.2, 0.25) is 0 Å². The maximum atomic E-state index is 13.2. The third kappa shape index (κ3) is 3.78. The summed E-state index contributed by atoms with van der Waals surface area (Å²) >= 11 is 6.61. The first-order chi connectivity index (χ1) is 14.5. The lowest BCUT2D eigenvalue weighted by Gasteiger charge is -2.21. The summed E-state index contributed by atoms with van der Waals surface area (Å²) < 4.78 is 7.32. The zero-order valence-corrected chi connectivity index (χ0v) is 18.1. The van der Waals surface area contributed by atoms with Gasteiger partial charge in [0.15, 0.2) is 0 Å². The second-order valence-electron chi connectivity index (χ2n) is 6.85. The standard InChI is InChI=1S/C21H20N4O3S2/c1-3-13(2)25-20(27)16(30-21(25)29)11-15-18(22-12-14-7-6-10-28-14)23-17-8-4-5-9-24(17)19(15)26/h4-11,13,22H,3,12H2,1-2H3/b16-11-/t13-/m0/s1. The first-order valence-electron chi connectivity index (χ1n) is 9.54. The molecule has 1 amide bonds. The normalized spacial score (nSPS) is 16.6. The molecule has 0 aromatic carbocycles. The number of anilines is 1. The van der Waals surface area contributed by atoms with Gasteiger partial charge in [0.05, 0.1) is 23.3 Å². The highest BCUT2D eigenvalue weighted by molar-refractivity contribution is 8.26. The van der Waals surface area contributed by atoms with E-state index in [-0.39, 0.29) is 17.5 Å². The van der Waals surface area contributed by atoms with E-state index >= 15 is 0 Å². The van der Waals surface area contributed by atoms with Crippen LogP contribution in [0.15, 0.2) is 56.9 Å². The molecule has 1 N–H and O–H groups in total. The predicted molar refractivity (Wildman–Crippen MR) is 122 cm³/mol. The molecule has 0 spiro atoms. The average molecular weight is 441 g/mol. The molecule has 0 aliphatic carbocycles. The van der Waals surface area contributed by atoms with Crippen LogP contribution in [0.4, 0.5) is 5.82 Å². The van der Waals surface area contributed by atoms with Crippen molar-refractivity contribution in [2.24, 2.45) is 0 Å². The molecule has 3 aromatic rings. The number of thioether (sulfide) groups is 1. The van der Waals surface area contributed by atoms with Gasteiger partial charge in [-0.3, -0.25) is 18.9 Å². The van der Waals surface area contributed by atoms with Gasteiger partial charge in [0.2, 0.25) is 0 Å². The summed E-state index contributed by atoms with van der Waals surface area (Å²) in [7, 11) is 0. The minimum absolute atomic E-state index is 0.00391. The van der Waals surface area contributed by atoms with E-state index in [1.54, 1.807) is 41.6 Å². The maximum absolute atomic E-state index is 13.2. The Bertz CT molecular complexity index is 1200. The summed E-state index contributed by atoms with van der Waals surface area (Å²) in [6.07, 6.45) is 5.61. The zero-order valence-electron chi connectivity index (χ0n) is 16.5. The molecule has 30 heavy (non-hydrogen) atoms. The lowest BCUT2D eigenvalue weighted by atomic mass is 10.2. The van der Waals surface area contributed by atoms with Crippen molar-refractivity contribution in [3.05, 3.63) is 69.4 Å². The molecule has 1 aliphatic rings. The molecule has 7 nitrogen and oxygen atoms in total. The van der Waals surface area contributed by atoms with E-state index in [2.05, 4.69) is 10.3 Å². The van der Waals surface area contributed by atoms with Gasteiger partial charge in [-0.1, -0.05) is 37.0 Å². The van der Waals surface area contributed by atoms with Crippen molar-refractivity contribution in [1.29, 1.82) is 0 Å². The molecule has 0 radical (unpaired) electrons. The molecule has 1 saturated heterocycles. The van der Waals surface area contributed by atoms with Gasteiger partial charge in [0.25, 0.3) is 11.5 Å². The number of hydrogen-bond acceptors (Lipinski definition) is 7. The Morgan fingerprint density at radius 3 is 2.87 bits per heavy atom. The quantitative estimate of drug-likeness (QED) is 0.460. The number of fused-ring (bicyclic) bond motifs is 1. The van der Waals surface area contributed by atoms with Crippen molar-refractivity contribution in [3.8, 4) is 0 Å². The summed E-state index contributed by atoms with van der Waals surface area (Å²) in [5.74, 6) is 0.907. The number of carbonyl (C=O) groups is 1. The van der Waals surface area contributed by atoms with Gasteiger partial charge in [0.1, 0.15) is 21.5 Å². The van der Waals surface area contributed by atoms with Crippen LogP contribution in [0.25, 0.3) is 11.7 Å². The van der Waals surface area contributed by atoms with Crippen LogP contribution in [-0.4, -0.2) is 30.6 Å². The summed E-state index contributed by atoms with van der Waals surface area (Å²) in [4.78, 5) is 32.8. The molecule has 9 heteroatoms. The lowest BCUT2D eigenvalue weighted by Crippen LogP contribution is -2.36. The number of rotatable bonds is 6. The number of carbonyl (C=O) groups excluding carboxylic acids is 1. The Balaban J connectivity index is 1.78. The Labute approximate surface area is 182 Å². The van der Waals surface area contributed by atoms with E-state index in [1.165, 1.54) is 16.2 Å². The monoisotopic (exact) mass is 440 g/mol. The number of thiocarbonyl (C=S) groups is 1. The highest BCUT2D eigenvalue weighted by Crippen LogP contribution is 2.34. The summed E-state index contributed by atoms with van der Waals surface area (Å²) in [5, 5.41) is 3.16. The van der Waals surface area contributed by atoms with Crippen molar-refractivity contribution < 1.29 is 9.21 Å². The molecule has 1 atom stereocenters. The van der Waals surface area contributed by atoms with E-state index in [0.717, 1.165) is 6.42 Å². The maximum Gasteiger partial charge on any atom is 0.267 e. The van der Waals surface area contributed by atoms with Crippen LogP contribution in [-0.2, 0) is 11.3 Å². The van der Waals surface area contributed by atoms with Crippen LogP contribution in [0.1, 0.15) is 31.6 Å². The fraction of sp³-hybridized carbons (Fsp3) is 0.238. The topological polar surface area (TPSA) is 79.8 Å². The molecule has 0 bridgehead atoms. The third-order valence-electron chi connectivity index (χ3n) is 4.91. The molecule has 3 aromatic heterocycles. The van der Waals surface area contributed by atoms with Gasteiger partial charge in [-0.2, -0.15) is 0 Å². The highest BCUT2D eigenvalue weighted by atomic mass is 32.2. The van der Waals surface area contributed by atoms with Gasteiger partial charge in [-0.25, -0.2) is 4.98 Å². The Morgan fingerprint density at radius 2 is 2.13 bits per heavy atom. The molecule has 0 unspecified atom stereocenters. The van der Waals surface area contributed by atoms with Crippen molar-refractivity contribution in [3.63, 3.8) is 0 Å². The molecule has 0 saturated carbocycles. The van der Waals surface area contributed by atoms with Gasteiger partial charge in [-0.15, -0.1) is 0 Å². The number of nitrogens with one attached hydrogen (secondary N) is 1. The van der Waals surface area contributed by atoms with E-state index in [9.17, 15) is 9.59 Å². The van der Waals surface area contributed by atoms with Crippen LogP contribution in [0.5, 0.6) is 0 Å². The third-order valence-corrected chi connectivity index (χ3v) is 6.24. The Morgan fingerprint density at radius 1 is 1.30 bits per heavy atom. The average Bonchev–Trinajstić information content (AvgIpc) is 3.36. The van der Waals surface area contributed by atoms with Crippen molar-refractivity contribution in [2.45, 2.75) is 32.9 Å². The number of furan rings is 1. The Kier molecular flexibility index (Phi) is 5.74. The van der Waals surface area contributed by atoms with Crippen LogP contribution in [0.3, 0.4) is 0 Å². The van der Waals surface area contributed by atoms with E-state index in [1.807, 2.05) is 26.0 Å². The summed E-state index contributed by atoms with van der Waals surface area (Å²) in [6, 6.07) is 8.95. The molecule has 1 aliphatic heterocycles. The largest absolute Gasteiger partial charge is 0.467 e. The minimum Gasteiger partial charge on any atom is -0.467 e. The molecule has 154 valence electrons. The van der Waals surface area contributed by atoms with Gasteiger partial charge in [0, 0.05) is 12.2 Å². The van der Waals surface area contributed by atoms with Crippen LogP contribution in [0, 0.1) is 0 Å². The molecule has 4 rings (SSSR count). The van der Waals surface area contributed by atoms with Gasteiger partial charge >= 0.3 is 0 Å². The van der Waals surface area contributed by atoms with Crippen molar-refractivity contribution in [2.75, 3.05) is 5.32 Å². The van der Waals surface area contributed by atoms with Gasteiger partial charge in [-0.05, 0) is 43.7 Å². The van der Waals surface area contributed by atoms with E-state index < -0.39 is 0 Å².